The van der Waals surface area contributed by atoms with Crippen molar-refractivity contribution in [2.45, 2.75) is 25.7 Å². The summed E-state index contributed by atoms with van der Waals surface area (Å²) in [4.78, 5) is 25.8. The molecule has 0 heterocycles. The first-order chi connectivity index (χ1) is 14.0. The molecule has 0 saturated carbocycles. The van der Waals surface area contributed by atoms with Crippen molar-refractivity contribution >= 4 is 51.5 Å². The number of carbonyl (C=O) groups excluding carboxylic acids is 1. The third kappa shape index (κ3) is 5.28. The molecule has 3 aromatic carbocycles. The molecule has 1 N–H and O–H groups in total. The minimum absolute atomic E-state index is 0.134. The number of carbonyl (C=O) groups is 2. The Morgan fingerprint density at radius 3 is 2.38 bits per heavy atom. The number of carboxylic acids is 1. The van der Waals surface area contributed by atoms with Gasteiger partial charge in [-0.2, -0.15) is 0 Å². The summed E-state index contributed by atoms with van der Waals surface area (Å²) in [6.07, 6.45) is 2.14. The summed E-state index contributed by atoms with van der Waals surface area (Å²) in [6, 6.07) is 18.6. The molecular weight excluding hydrogens is 409 g/mol. The molecule has 150 valence electrons. The molecule has 0 radical (unpaired) electrons. The van der Waals surface area contributed by atoms with Crippen molar-refractivity contribution in [2.75, 3.05) is 11.4 Å². The Morgan fingerprint density at radius 2 is 1.62 bits per heavy atom. The highest BCUT2D eigenvalue weighted by Gasteiger charge is 2.20. The summed E-state index contributed by atoms with van der Waals surface area (Å²) in [7, 11) is 0. The molecule has 0 aromatic heterocycles. The van der Waals surface area contributed by atoms with Crippen molar-refractivity contribution in [2.24, 2.45) is 0 Å². The first kappa shape index (κ1) is 21.2. The first-order valence-electron chi connectivity index (χ1n) is 9.44. The molecule has 1 amide bonds. The monoisotopic (exact) mass is 429 g/mol. The van der Waals surface area contributed by atoms with Crippen molar-refractivity contribution in [1.82, 2.24) is 0 Å². The van der Waals surface area contributed by atoms with Crippen LogP contribution in [-0.4, -0.2) is 23.5 Å². The van der Waals surface area contributed by atoms with E-state index in [1.807, 2.05) is 42.5 Å². The van der Waals surface area contributed by atoms with Crippen LogP contribution in [0.4, 0.5) is 5.69 Å². The summed E-state index contributed by atoms with van der Waals surface area (Å²) >= 11 is 12.1. The number of unbranched alkanes of at least 4 members (excludes halogenated alkanes) is 2. The Balaban J connectivity index is 1.91. The molecule has 0 aliphatic carbocycles. The van der Waals surface area contributed by atoms with E-state index in [-0.39, 0.29) is 12.3 Å². The van der Waals surface area contributed by atoms with E-state index < -0.39 is 5.97 Å². The topological polar surface area (TPSA) is 57.6 Å². The Kier molecular flexibility index (Phi) is 7.13. The molecule has 29 heavy (non-hydrogen) atoms. The van der Waals surface area contributed by atoms with Gasteiger partial charge in [0, 0.05) is 23.9 Å². The SMILES string of the molecule is O=C(O)CCCCCN(C(=O)c1ccc(Cl)c(Cl)c1)c1cccc2ccccc12. The average molecular weight is 430 g/mol. The summed E-state index contributed by atoms with van der Waals surface area (Å²) in [6.45, 7) is 0.479. The zero-order valence-electron chi connectivity index (χ0n) is 15.8. The van der Waals surface area contributed by atoms with Crippen molar-refractivity contribution in [3.63, 3.8) is 0 Å². The highest BCUT2D eigenvalue weighted by atomic mass is 35.5. The van der Waals surface area contributed by atoms with E-state index in [4.69, 9.17) is 28.3 Å². The van der Waals surface area contributed by atoms with E-state index >= 15 is 0 Å². The molecule has 0 atom stereocenters. The second kappa shape index (κ2) is 9.77. The van der Waals surface area contributed by atoms with Crippen molar-refractivity contribution in [1.29, 1.82) is 0 Å². The molecule has 3 aromatic rings. The number of aliphatic carboxylic acids is 1. The molecular formula is C23H21Cl2NO3. The highest BCUT2D eigenvalue weighted by Crippen LogP contribution is 2.30. The lowest BCUT2D eigenvalue weighted by molar-refractivity contribution is -0.137. The van der Waals surface area contributed by atoms with Gasteiger partial charge in [-0.3, -0.25) is 9.59 Å². The van der Waals surface area contributed by atoms with Gasteiger partial charge >= 0.3 is 5.97 Å². The number of nitrogens with zero attached hydrogens (tertiary/aromatic N) is 1. The molecule has 0 bridgehead atoms. The first-order valence-corrected chi connectivity index (χ1v) is 10.2. The van der Waals surface area contributed by atoms with Crippen molar-refractivity contribution in [3.05, 3.63) is 76.3 Å². The standard InChI is InChI=1S/C23H21Cl2NO3/c24-19-13-12-17(15-20(19)25)23(29)26(14-5-1-2-11-22(27)28)21-10-6-8-16-7-3-4-9-18(16)21/h3-4,6-10,12-13,15H,1-2,5,11,14H2,(H,27,28). The van der Waals surface area contributed by atoms with Crippen molar-refractivity contribution < 1.29 is 14.7 Å². The van der Waals surface area contributed by atoms with Crippen molar-refractivity contribution in [3.8, 4) is 0 Å². The second-order valence-corrected chi connectivity index (χ2v) is 7.60. The van der Waals surface area contributed by atoms with Gasteiger partial charge in [-0.25, -0.2) is 0 Å². The fourth-order valence-electron chi connectivity index (χ4n) is 3.28. The predicted octanol–water partition coefficient (Wildman–Crippen LogP) is 6.44. The van der Waals surface area contributed by atoms with E-state index in [2.05, 4.69) is 0 Å². The molecule has 0 aliphatic rings. The number of halogens is 2. The number of hydrogen-bond donors (Lipinski definition) is 1. The van der Waals surface area contributed by atoms with E-state index in [0.29, 0.717) is 35.0 Å². The lowest BCUT2D eigenvalue weighted by atomic mass is 10.1. The lowest BCUT2D eigenvalue weighted by Crippen LogP contribution is -2.32. The summed E-state index contributed by atoms with van der Waals surface area (Å²) in [5.74, 6) is -0.971. The quantitative estimate of drug-likeness (QED) is 0.419. The average Bonchev–Trinajstić information content (AvgIpc) is 2.72. The molecule has 0 fully saturated rings. The molecule has 0 spiro atoms. The predicted molar refractivity (Wildman–Crippen MR) is 118 cm³/mol. The fourth-order valence-corrected chi connectivity index (χ4v) is 3.58. The smallest absolute Gasteiger partial charge is 0.303 e. The van der Waals surface area contributed by atoms with Gasteiger partial charge in [0.2, 0.25) is 0 Å². The maximum absolute atomic E-state index is 13.4. The summed E-state index contributed by atoms with van der Waals surface area (Å²) in [5, 5.41) is 11.6. The minimum atomic E-state index is -0.803. The van der Waals surface area contributed by atoms with Gasteiger partial charge in [-0.1, -0.05) is 66.0 Å². The van der Waals surface area contributed by atoms with E-state index in [1.54, 1.807) is 23.1 Å². The Bertz CT molecular complexity index is 1030. The van der Waals surface area contributed by atoms with Gasteiger partial charge in [0.1, 0.15) is 0 Å². The van der Waals surface area contributed by atoms with Crippen LogP contribution < -0.4 is 4.90 Å². The summed E-state index contributed by atoms with van der Waals surface area (Å²) < 4.78 is 0. The molecule has 6 heteroatoms. The van der Waals surface area contributed by atoms with Crippen LogP contribution >= 0.6 is 23.2 Å². The lowest BCUT2D eigenvalue weighted by Gasteiger charge is -2.25. The number of carboxylic acid groups (broad SMARTS) is 1. The normalized spacial score (nSPS) is 10.8. The molecule has 4 nitrogen and oxygen atoms in total. The minimum Gasteiger partial charge on any atom is -0.481 e. The van der Waals surface area contributed by atoms with Gasteiger partial charge in [0.15, 0.2) is 0 Å². The highest BCUT2D eigenvalue weighted by molar-refractivity contribution is 6.42. The zero-order valence-corrected chi connectivity index (χ0v) is 17.3. The van der Waals surface area contributed by atoms with Crippen LogP contribution in [0.25, 0.3) is 10.8 Å². The van der Waals surface area contributed by atoms with Crippen LogP contribution in [0.2, 0.25) is 10.0 Å². The van der Waals surface area contributed by atoms with Crippen LogP contribution in [0, 0.1) is 0 Å². The van der Waals surface area contributed by atoms with Gasteiger partial charge in [-0.05, 0) is 42.5 Å². The number of rotatable bonds is 8. The largest absolute Gasteiger partial charge is 0.481 e. The molecule has 3 rings (SSSR count). The fraction of sp³-hybridized carbons (Fsp3) is 0.217. The summed E-state index contributed by atoms with van der Waals surface area (Å²) in [5.41, 5.74) is 1.27. The van der Waals surface area contributed by atoms with Gasteiger partial charge < -0.3 is 10.0 Å². The maximum atomic E-state index is 13.4. The maximum Gasteiger partial charge on any atom is 0.303 e. The van der Waals surface area contributed by atoms with Gasteiger partial charge in [0.25, 0.3) is 5.91 Å². The molecule has 0 aliphatic heterocycles. The van der Waals surface area contributed by atoms with Crippen LogP contribution in [0.15, 0.2) is 60.7 Å². The molecule has 0 unspecified atom stereocenters. The third-order valence-corrected chi connectivity index (χ3v) is 5.48. The Hall–Kier alpha value is -2.56. The number of anilines is 1. The second-order valence-electron chi connectivity index (χ2n) is 6.79. The Morgan fingerprint density at radius 1 is 0.862 bits per heavy atom. The van der Waals surface area contributed by atoms with Gasteiger partial charge in [-0.15, -0.1) is 0 Å². The van der Waals surface area contributed by atoms with E-state index in [0.717, 1.165) is 22.9 Å². The number of fused-ring (bicyclic) bond motifs is 1. The van der Waals surface area contributed by atoms with Gasteiger partial charge in [0.05, 0.1) is 15.7 Å². The number of benzene rings is 3. The van der Waals surface area contributed by atoms with Crippen LogP contribution in [0.3, 0.4) is 0 Å². The Labute approximate surface area is 179 Å². The third-order valence-electron chi connectivity index (χ3n) is 4.74. The van der Waals surface area contributed by atoms with E-state index in [9.17, 15) is 9.59 Å². The molecule has 0 saturated heterocycles. The zero-order chi connectivity index (χ0) is 20.8. The van der Waals surface area contributed by atoms with Crippen LogP contribution in [-0.2, 0) is 4.79 Å². The van der Waals surface area contributed by atoms with E-state index in [1.165, 1.54) is 0 Å². The van der Waals surface area contributed by atoms with Crippen LogP contribution in [0.1, 0.15) is 36.0 Å². The van der Waals surface area contributed by atoms with Crippen LogP contribution in [0.5, 0.6) is 0 Å². The number of amides is 1. The number of hydrogen-bond acceptors (Lipinski definition) is 2.